The molecule has 0 saturated carbocycles. The quantitative estimate of drug-likeness (QED) is 0.819. The lowest BCUT2D eigenvalue weighted by atomic mass is 10.0. The topological polar surface area (TPSA) is 41.6 Å². The molecule has 5 heteroatoms. The fraction of sp³-hybridized carbons (Fsp3) is 0.409. The highest BCUT2D eigenvalue weighted by Crippen LogP contribution is 2.18. The number of benzene rings is 2. The monoisotopic (exact) mass is 388 g/mol. The minimum Gasteiger partial charge on any atom is -0.489 e. The van der Waals surface area contributed by atoms with Crippen molar-refractivity contribution >= 4 is 18.3 Å². The summed E-state index contributed by atoms with van der Waals surface area (Å²) in [5, 5.41) is 3.34. The Hall–Kier alpha value is -2.04. The lowest BCUT2D eigenvalue weighted by Crippen LogP contribution is -2.44. The Kier molecular flexibility index (Phi) is 8.14. The van der Waals surface area contributed by atoms with Crippen LogP contribution in [0.15, 0.2) is 48.5 Å². The molecule has 1 aliphatic heterocycles. The van der Waals surface area contributed by atoms with E-state index >= 15 is 0 Å². The molecule has 1 saturated heterocycles. The van der Waals surface area contributed by atoms with Crippen molar-refractivity contribution in [2.75, 3.05) is 20.1 Å². The molecule has 146 valence electrons. The average molecular weight is 389 g/mol. The number of hydrogen-bond donors (Lipinski definition) is 1. The van der Waals surface area contributed by atoms with Gasteiger partial charge in [0.1, 0.15) is 12.4 Å². The first-order valence-corrected chi connectivity index (χ1v) is 9.36. The number of aryl methyl sites for hydroxylation is 1. The van der Waals surface area contributed by atoms with E-state index in [2.05, 4.69) is 24.4 Å². The summed E-state index contributed by atoms with van der Waals surface area (Å²) in [7, 11) is 1.93. The number of amides is 1. The van der Waals surface area contributed by atoms with Gasteiger partial charge in [0.05, 0.1) is 6.42 Å². The van der Waals surface area contributed by atoms with Crippen LogP contribution in [-0.4, -0.2) is 37.0 Å². The molecule has 1 aliphatic rings. The Bertz CT molecular complexity index is 745. The molecule has 1 heterocycles. The van der Waals surface area contributed by atoms with Crippen molar-refractivity contribution in [1.29, 1.82) is 0 Å². The van der Waals surface area contributed by atoms with E-state index in [9.17, 15) is 4.79 Å². The second-order valence-corrected chi connectivity index (χ2v) is 7.03. The molecule has 0 spiro atoms. The van der Waals surface area contributed by atoms with Crippen molar-refractivity contribution in [1.82, 2.24) is 10.2 Å². The van der Waals surface area contributed by atoms with Crippen LogP contribution in [0, 0.1) is 6.92 Å². The summed E-state index contributed by atoms with van der Waals surface area (Å²) >= 11 is 0. The smallest absolute Gasteiger partial charge is 0.226 e. The van der Waals surface area contributed by atoms with Gasteiger partial charge in [-0.05, 0) is 61.7 Å². The molecule has 1 amide bonds. The number of carbonyl (C=O) groups excluding carboxylic acids is 1. The number of halogens is 1. The first-order valence-electron chi connectivity index (χ1n) is 9.36. The van der Waals surface area contributed by atoms with Crippen LogP contribution in [0.1, 0.15) is 29.5 Å². The van der Waals surface area contributed by atoms with E-state index in [0.29, 0.717) is 19.1 Å². The first-order chi connectivity index (χ1) is 12.6. The van der Waals surface area contributed by atoms with E-state index in [-0.39, 0.29) is 18.3 Å². The highest BCUT2D eigenvalue weighted by Gasteiger charge is 2.21. The van der Waals surface area contributed by atoms with E-state index in [4.69, 9.17) is 4.74 Å². The summed E-state index contributed by atoms with van der Waals surface area (Å²) in [6.07, 6.45) is 2.48. The zero-order valence-electron chi connectivity index (χ0n) is 16.1. The van der Waals surface area contributed by atoms with Crippen LogP contribution in [0.4, 0.5) is 0 Å². The molecule has 0 radical (unpaired) electrons. The molecule has 4 nitrogen and oxygen atoms in total. The van der Waals surface area contributed by atoms with Crippen molar-refractivity contribution in [3.05, 3.63) is 65.2 Å². The molecular weight excluding hydrogens is 360 g/mol. The number of likely N-dealkylation sites (N-methyl/N-ethyl adjacent to an activating group) is 1. The number of rotatable bonds is 6. The van der Waals surface area contributed by atoms with Crippen LogP contribution in [-0.2, 0) is 17.8 Å². The Morgan fingerprint density at radius 1 is 1.15 bits per heavy atom. The van der Waals surface area contributed by atoms with Gasteiger partial charge >= 0.3 is 0 Å². The lowest BCUT2D eigenvalue weighted by Gasteiger charge is -2.31. The third kappa shape index (κ3) is 5.98. The average Bonchev–Trinajstić information content (AvgIpc) is 2.68. The third-order valence-electron chi connectivity index (χ3n) is 5.16. The van der Waals surface area contributed by atoms with Gasteiger partial charge in [0.2, 0.25) is 5.91 Å². The van der Waals surface area contributed by atoms with Crippen molar-refractivity contribution in [3.63, 3.8) is 0 Å². The van der Waals surface area contributed by atoms with Crippen molar-refractivity contribution < 1.29 is 9.53 Å². The highest BCUT2D eigenvalue weighted by molar-refractivity contribution is 5.85. The van der Waals surface area contributed by atoms with E-state index in [1.165, 1.54) is 11.1 Å². The molecular formula is C22H29ClN2O2. The maximum atomic E-state index is 12.6. The summed E-state index contributed by atoms with van der Waals surface area (Å²) < 4.78 is 5.94. The van der Waals surface area contributed by atoms with Gasteiger partial charge in [-0.15, -0.1) is 12.4 Å². The Labute approximate surface area is 168 Å². The lowest BCUT2D eigenvalue weighted by molar-refractivity contribution is -0.131. The minimum absolute atomic E-state index is 0. The number of nitrogens with one attached hydrogen (secondary N) is 1. The molecule has 2 aromatic rings. The summed E-state index contributed by atoms with van der Waals surface area (Å²) in [6.45, 7) is 4.61. The SMILES string of the molecule is Cc1ccccc1COc1cccc(CC(=O)N(C)C2CCNCC2)c1.Cl. The molecule has 2 aromatic carbocycles. The summed E-state index contributed by atoms with van der Waals surface area (Å²) in [5.41, 5.74) is 3.40. The zero-order chi connectivity index (χ0) is 18.4. The van der Waals surface area contributed by atoms with Crippen LogP contribution in [0.25, 0.3) is 0 Å². The van der Waals surface area contributed by atoms with Gasteiger partial charge in [-0.25, -0.2) is 0 Å². The second-order valence-electron chi connectivity index (χ2n) is 7.03. The molecule has 1 N–H and O–H groups in total. The molecule has 1 fully saturated rings. The van der Waals surface area contributed by atoms with Gasteiger partial charge in [0.15, 0.2) is 0 Å². The summed E-state index contributed by atoms with van der Waals surface area (Å²) in [6, 6.07) is 16.5. The third-order valence-corrected chi connectivity index (χ3v) is 5.16. The van der Waals surface area contributed by atoms with Crippen molar-refractivity contribution in [2.45, 2.75) is 38.8 Å². The number of ether oxygens (including phenoxy) is 1. The van der Waals surface area contributed by atoms with E-state index in [0.717, 1.165) is 37.2 Å². The van der Waals surface area contributed by atoms with Crippen molar-refractivity contribution in [3.8, 4) is 5.75 Å². The van der Waals surface area contributed by atoms with Gasteiger partial charge in [0.25, 0.3) is 0 Å². The maximum absolute atomic E-state index is 12.6. The fourth-order valence-electron chi connectivity index (χ4n) is 3.38. The molecule has 0 atom stereocenters. The number of nitrogens with zero attached hydrogens (tertiary/aromatic N) is 1. The van der Waals surface area contributed by atoms with Crippen molar-refractivity contribution in [2.24, 2.45) is 0 Å². The molecule has 3 rings (SSSR count). The number of carbonyl (C=O) groups is 1. The van der Waals surface area contributed by atoms with Crippen LogP contribution in [0.2, 0.25) is 0 Å². The zero-order valence-corrected chi connectivity index (χ0v) is 16.9. The van der Waals surface area contributed by atoms with Crippen LogP contribution in [0.5, 0.6) is 5.75 Å². The normalized spacial score (nSPS) is 14.3. The Morgan fingerprint density at radius 3 is 2.63 bits per heavy atom. The summed E-state index contributed by atoms with van der Waals surface area (Å²) in [5.74, 6) is 0.982. The standard InChI is InChI=1S/C22H28N2O2.ClH/c1-17-6-3-4-8-19(17)16-26-21-9-5-7-18(14-21)15-22(25)24(2)20-10-12-23-13-11-20;/h3-9,14,20,23H,10-13,15-16H2,1-2H3;1H. The van der Waals surface area contributed by atoms with Crippen LogP contribution < -0.4 is 10.1 Å². The highest BCUT2D eigenvalue weighted by atomic mass is 35.5. The first kappa shape index (κ1) is 21.3. The molecule has 0 unspecified atom stereocenters. The number of piperidine rings is 1. The summed E-state index contributed by atoms with van der Waals surface area (Å²) in [4.78, 5) is 14.5. The Morgan fingerprint density at radius 2 is 1.89 bits per heavy atom. The van der Waals surface area contributed by atoms with Crippen LogP contribution in [0.3, 0.4) is 0 Å². The van der Waals surface area contributed by atoms with Crippen LogP contribution >= 0.6 is 12.4 Å². The molecule has 0 bridgehead atoms. The fourth-order valence-corrected chi connectivity index (χ4v) is 3.38. The maximum Gasteiger partial charge on any atom is 0.226 e. The van der Waals surface area contributed by atoms with Gasteiger partial charge in [-0.2, -0.15) is 0 Å². The van der Waals surface area contributed by atoms with Gasteiger partial charge in [-0.3, -0.25) is 4.79 Å². The molecule has 27 heavy (non-hydrogen) atoms. The van der Waals surface area contributed by atoms with Gasteiger partial charge < -0.3 is 15.0 Å². The number of hydrogen-bond acceptors (Lipinski definition) is 3. The van der Waals surface area contributed by atoms with Gasteiger partial charge in [-0.1, -0.05) is 36.4 Å². The minimum atomic E-state index is 0. The van der Waals surface area contributed by atoms with E-state index in [1.54, 1.807) is 0 Å². The van der Waals surface area contributed by atoms with E-state index < -0.39 is 0 Å². The predicted octanol–water partition coefficient (Wildman–Crippen LogP) is 3.75. The Balaban J connectivity index is 0.00000261. The molecule has 0 aromatic heterocycles. The second kappa shape index (κ2) is 10.3. The van der Waals surface area contributed by atoms with Gasteiger partial charge in [0, 0.05) is 13.1 Å². The largest absolute Gasteiger partial charge is 0.489 e. The van der Waals surface area contributed by atoms with E-state index in [1.807, 2.05) is 48.3 Å². The predicted molar refractivity (Wildman–Crippen MR) is 112 cm³/mol. The molecule has 0 aliphatic carbocycles.